The number of ether oxygens (including phenoxy) is 1. The Morgan fingerprint density at radius 2 is 2.27 bits per heavy atom. The van der Waals surface area contributed by atoms with Gasteiger partial charge >= 0.3 is 0 Å². The first kappa shape index (κ1) is 18.1. The number of carbonyl (C=O) groups is 1. The molecule has 0 spiro atoms. The molecule has 1 atom stereocenters. The maximum Gasteiger partial charge on any atom is 0.246 e. The van der Waals surface area contributed by atoms with Crippen molar-refractivity contribution in [3.05, 3.63) is 54.1 Å². The van der Waals surface area contributed by atoms with E-state index < -0.39 is 5.82 Å². The van der Waals surface area contributed by atoms with E-state index in [9.17, 15) is 9.18 Å². The van der Waals surface area contributed by atoms with Crippen LogP contribution in [0.4, 0.5) is 10.2 Å². The van der Waals surface area contributed by atoms with E-state index in [0.717, 1.165) is 19.4 Å². The number of aromatic nitrogens is 2. The quantitative estimate of drug-likeness (QED) is 0.807. The number of nitrogens with one attached hydrogen (secondary N) is 1. The molecule has 0 bridgehead atoms. The van der Waals surface area contributed by atoms with Gasteiger partial charge in [0.25, 0.3) is 0 Å². The molecule has 1 aromatic heterocycles. The van der Waals surface area contributed by atoms with Crippen molar-refractivity contribution in [1.29, 1.82) is 0 Å². The number of carbonyl (C=O) groups excluding carboxylic acids is 1. The van der Waals surface area contributed by atoms with E-state index in [-0.39, 0.29) is 17.0 Å². The third-order valence-electron chi connectivity index (χ3n) is 4.02. The minimum atomic E-state index is -0.514. The van der Waals surface area contributed by atoms with Gasteiger partial charge in [0.15, 0.2) is 0 Å². The number of nitrogens with zero attached hydrogens (tertiary/aromatic N) is 3. The van der Waals surface area contributed by atoms with Crippen LogP contribution in [0, 0.1) is 5.82 Å². The van der Waals surface area contributed by atoms with Crippen molar-refractivity contribution in [3.8, 4) is 11.6 Å². The van der Waals surface area contributed by atoms with Gasteiger partial charge in [-0.1, -0.05) is 18.2 Å². The smallest absolute Gasteiger partial charge is 0.246 e. The number of likely N-dealkylation sites (tertiary alicyclic amines) is 1. The van der Waals surface area contributed by atoms with Gasteiger partial charge < -0.3 is 15.0 Å². The van der Waals surface area contributed by atoms with Crippen LogP contribution in [0.25, 0.3) is 0 Å². The Labute approximate surface area is 155 Å². The number of hydrogen-bond donors (Lipinski definition) is 1. The molecule has 2 aromatic rings. The molecule has 0 aliphatic carbocycles. The second kappa shape index (κ2) is 8.14. The number of anilines is 1. The summed E-state index contributed by atoms with van der Waals surface area (Å²) >= 11 is 5.75. The maximum absolute atomic E-state index is 13.2. The zero-order chi connectivity index (χ0) is 18.5. The summed E-state index contributed by atoms with van der Waals surface area (Å²) in [6.07, 6.45) is 4.53. The molecule has 1 fully saturated rings. The summed E-state index contributed by atoms with van der Waals surface area (Å²) in [5, 5.41) is 3.27. The lowest BCUT2D eigenvalue weighted by molar-refractivity contribution is -0.127. The summed E-state index contributed by atoms with van der Waals surface area (Å²) in [4.78, 5) is 21.8. The largest absolute Gasteiger partial charge is 0.439 e. The van der Waals surface area contributed by atoms with Gasteiger partial charge in [0.2, 0.25) is 11.8 Å². The molecule has 1 aliphatic heterocycles. The van der Waals surface area contributed by atoms with Crippen LogP contribution < -0.4 is 10.1 Å². The Morgan fingerprint density at radius 1 is 1.42 bits per heavy atom. The van der Waals surface area contributed by atoms with E-state index in [1.807, 2.05) is 0 Å². The fourth-order valence-corrected chi connectivity index (χ4v) is 2.94. The third kappa shape index (κ3) is 4.49. The standard InChI is InChI=1S/C18H18ClFN4O2/c1-2-18(25)24-7-3-4-12(10-24)23-16-9-17(22-11-21-16)26-13-5-6-15(20)14(19)8-13/h2,5-6,8-9,11-12H,1,3-4,7,10H2,(H,21,22,23). The van der Waals surface area contributed by atoms with Crippen molar-refractivity contribution in [1.82, 2.24) is 14.9 Å². The molecule has 2 heterocycles. The van der Waals surface area contributed by atoms with Crippen LogP contribution >= 0.6 is 11.6 Å². The van der Waals surface area contributed by atoms with E-state index in [1.54, 1.807) is 11.0 Å². The molecule has 26 heavy (non-hydrogen) atoms. The normalized spacial score (nSPS) is 16.8. The Balaban J connectivity index is 1.66. The minimum Gasteiger partial charge on any atom is -0.439 e. The second-order valence-electron chi connectivity index (χ2n) is 5.89. The molecule has 136 valence electrons. The van der Waals surface area contributed by atoms with Crippen LogP contribution in [0.2, 0.25) is 5.02 Å². The average Bonchev–Trinajstić information content (AvgIpc) is 2.64. The second-order valence-corrected chi connectivity index (χ2v) is 6.30. The first-order valence-electron chi connectivity index (χ1n) is 8.18. The molecule has 1 unspecified atom stereocenters. The lowest BCUT2D eigenvalue weighted by Crippen LogP contribution is -2.44. The minimum absolute atomic E-state index is 0.0240. The van der Waals surface area contributed by atoms with Gasteiger partial charge in [0.05, 0.1) is 5.02 Å². The number of hydrogen-bond acceptors (Lipinski definition) is 5. The van der Waals surface area contributed by atoms with E-state index in [2.05, 4.69) is 21.9 Å². The number of benzene rings is 1. The monoisotopic (exact) mass is 376 g/mol. The fraction of sp³-hybridized carbons (Fsp3) is 0.278. The molecule has 1 saturated heterocycles. The number of amides is 1. The summed E-state index contributed by atoms with van der Waals surface area (Å²) in [5.41, 5.74) is 0. The van der Waals surface area contributed by atoms with Gasteiger partial charge in [0.1, 0.15) is 23.7 Å². The number of rotatable bonds is 5. The topological polar surface area (TPSA) is 67.4 Å². The fourth-order valence-electron chi connectivity index (χ4n) is 2.77. The van der Waals surface area contributed by atoms with Gasteiger partial charge in [-0.15, -0.1) is 0 Å². The lowest BCUT2D eigenvalue weighted by atomic mass is 10.1. The van der Waals surface area contributed by atoms with Crippen LogP contribution in [0.3, 0.4) is 0 Å². The van der Waals surface area contributed by atoms with Gasteiger partial charge in [-0.05, 0) is 31.1 Å². The summed E-state index contributed by atoms with van der Waals surface area (Å²) in [6, 6.07) is 5.80. The van der Waals surface area contributed by atoms with E-state index in [4.69, 9.17) is 16.3 Å². The molecule has 1 aromatic carbocycles. The predicted molar refractivity (Wildman–Crippen MR) is 96.9 cm³/mol. The highest BCUT2D eigenvalue weighted by Gasteiger charge is 2.22. The number of halogens is 2. The average molecular weight is 377 g/mol. The van der Waals surface area contributed by atoms with Crippen LogP contribution in [0.5, 0.6) is 11.6 Å². The summed E-state index contributed by atoms with van der Waals surface area (Å²) in [6.45, 7) is 4.84. The van der Waals surface area contributed by atoms with E-state index >= 15 is 0 Å². The molecule has 0 saturated carbocycles. The van der Waals surface area contributed by atoms with Crippen molar-refractivity contribution in [3.63, 3.8) is 0 Å². The molecular formula is C18H18ClFN4O2. The van der Waals surface area contributed by atoms with Gasteiger partial charge in [-0.25, -0.2) is 14.4 Å². The van der Waals surface area contributed by atoms with Gasteiger partial charge in [-0.2, -0.15) is 0 Å². The Bertz CT molecular complexity index is 818. The highest BCUT2D eigenvalue weighted by molar-refractivity contribution is 6.30. The first-order chi connectivity index (χ1) is 12.5. The Kier molecular flexibility index (Phi) is 5.68. The molecule has 0 radical (unpaired) electrons. The van der Waals surface area contributed by atoms with Crippen LogP contribution in [0.15, 0.2) is 43.2 Å². The van der Waals surface area contributed by atoms with Gasteiger partial charge in [0, 0.05) is 31.3 Å². The lowest BCUT2D eigenvalue weighted by Gasteiger charge is -2.32. The SMILES string of the molecule is C=CC(=O)N1CCCC(Nc2cc(Oc3ccc(F)c(Cl)c3)ncn2)C1. The molecule has 1 amide bonds. The molecule has 8 heteroatoms. The molecule has 6 nitrogen and oxygen atoms in total. The van der Waals surface area contributed by atoms with E-state index in [0.29, 0.717) is 24.0 Å². The van der Waals surface area contributed by atoms with Crippen molar-refractivity contribution < 1.29 is 13.9 Å². The van der Waals surface area contributed by atoms with Crippen LogP contribution in [0.1, 0.15) is 12.8 Å². The molecule has 3 rings (SSSR count). The number of piperidine rings is 1. The Morgan fingerprint density at radius 3 is 3.04 bits per heavy atom. The first-order valence-corrected chi connectivity index (χ1v) is 8.56. The molecule has 1 aliphatic rings. The third-order valence-corrected chi connectivity index (χ3v) is 4.30. The van der Waals surface area contributed by atoms with Crippen molar-refractivity contribution in [2.45, 2.75) is 18.9 Å². The van der Waals surface area contributed by atoms with Crippen LogP contribution in [-0.2, 0) is 4.79 Å². The molecular weight excluding hydrogens is 359 g/mol. The maximum atomic E-state index is 13.2. The summed E-state index contributed by atoms with van der Waals surface area (Å²) < 4.78 is 18.8. The highest BCUT2D eigenvalue weighted by atomic mass is 35.5. The summed E-state index contributed by atoms with van der Waals surface area (Å²) in [7, 11) is 0. The highest BCUT2D eigenvalue weighted by Crippen LogP contribution is 2.26. The van der Waals surface area contributed by atoms with Gasteiger partial charge in [-0.3, -0.25) is 4.79 Å². The van der Waals surface area contributed by atoms with E-state index in [1.165, 1.54) is 30.6 Å². The van der Waals surface area contributed by atoms with Crippen molar-refractivity contribution in [2.75, 3.05) is 18.4 Å². The molecule has 1 N–H and O–H groups in total. The summed E-state index contributed by atoms with van der Waals surface area (Å²) in [5.74, 6) is 0.680. The zero-order valence-corrected chi connectivity index (χ0v) is 14.7. The van der Waals surface area contributed by atoms with Crippen LogP contribution in [-0.4, -0.2) is 39.9 Å². The van der Waals surface area contributed by atoms with Crippen molar-refractivity contribution in [2.24, 2.45) is 0 Å². The zero-order valence-electron chi connectivity index (χ0n) is 14.0. The Hall–Kier alpha value is -2.67. The van der Waals surface area contributed by atoms with Crippen molar-refractivity contribution >= 4 is 23.3 Å². The predicted octanol–water partition coefficient (Wildman–Crippen LogP) is 3.65.